The second-order valence-electron chi connectivity index (χ2n) is 4.79. The highest BCUT2D eigenvalue weighted by Crippen LogP contribution is 2.52. The average molecular weight is 158 g/mol. The summed E-state index contributed by atoms with van der Waals surface area (Å²) in [7, 11) is 0. The summed E-state index contributed by atoms with van der Waals surface area (Å²) in [6.45, 7) is 6.15. The minimum Gasteiger partial charge on any atom is -0.396 e. The molecule has 0 radical (unpaired) electrons. The summed E-state index contributed by atoms with van der Waals surface area (Å²) < 4.78 is 0. The molecule has 0 aromatic heterocycles. The molecule has 0 aromatic carbocycles. The van der Waals surface area contributed by atoms with E-state index in [1.54, 1.807) is 0 Å². The maximum Gasteiger partial charge on any atom is 0.0666 e. The Morgan fingerprint density at radius 2 is 1.82 bits per heavy atom. The number of rotatable bonds is 2. The first-order chi connectivity index (χ1) is 4.92. The van der Waals surface area contributed by atoms with E-state index in [9.17, 15) is 5.11 Å². The summed E-state index contributed by atoms with van der Waals surface area (Å²) in [6, 6.07) is 0. The normalized spacial score (nSPS) is 24.8. The summed E-state index contributed by atoms with van der Waals surface area (Å²) in [4.78, 5) is 0. The molecule has 0 amide bonds. The molecule has 0 saturated heterocycles. The molecule has 1 fully saturated rings. The van der Waals surface area contributed by atoms with Crippen LogP contribution in [0.5, 0.6) is 0 Å². The van der Waals surface area contributed by atoms with Crippen LogP contribution in [0.25, 0.3) is 0 Å². The van der Waals surface area contributed by atoms with Crippen LogP contribution in [0.2, 0.25) is 0 Å². The number of hydrogen-bond acceptors (Lipinski definition) is 2. The van der Waals surface area contributed by atoms with Gasteiger partial charge in [0, 0.05) is 5.41 Å². The van der Waals surface area contributed by atoms with Crippen molar-refractivity contribution in [3.8, 4) is 0 Å². The van der Waals surface area contributed by atoms with Crippen LogP contribution in [0.4, 0.5) is 0 Å². The van der Waals surface area contributed by atoms with Crippen LogP contribution in [0, 0.1) is 10.8 Å². The lowest BCUT2D eigenvalue weighted by Crippen LogP contribution is -2.37. The second-order valence-corrected chi connectivity index (χ2v) is 4.79. The first kappa shape index (κ1) is 9.01. The van der Waals surface area contributed by atoms with Crippen molar-refractivity contribution in [1.29, 1.82) is 0 Å². The molecular weight excluding hydrogens is 140 g/mol. The lowest BCUT2D eigenvalue weighted by atomic mass is 9.79. The fourth-order valence-corrected chi connectivity index (χ4v) is 1.60. The van der Waals surface area contributed by atoms with Crippen molar-refractivity contribution in [3.63, 3.8) is 0 Å². The first-order valence-corrected chi connectivity index (χ1v) is 4.21. The molecule has 11 heavy (non-hydrogen) atoms. The molecule has 1 saturated carbocycles. The zero-order valence-electron chi connectivity index (χ0n) is 7.59. The van der Waals surface area contributed by atoms with E-state index in [0.717, 1.165) is 12.8 Å². The van der Waals surface area contributed by atoms with Crippen molar-refractivity contribution in [3.05, 3.63) is 0 Å². The molecule has 0 aromatic rings. The van der Waals surface area contributed by atoms with Gasteiger partial charge < -0.3 is 10.2 Å². The van der Waals surface area contributed by atoms with Crippen molar-refractivity contribution >= 4 is 0 Å². The lowest BCUT2D eigenvalue weighted by Gasteiger charge is -2.32. The fourth-order valence-electron chi connectivity index (χ4n) is 1.60. The summed E-state index contributed by atoms with van der Waals surface area (Å²) in [6.07, 6.45) is 1.59. The van der Waals surface area contributed by atoms with Gasteiger partial charge in [-0.05, 0) is 18.3 Å². The lowest BCUT2D eigenvalue weighted by molar-refractivity contribution is -0.0237. The molecular formula is C9H18O2. The molecule has 66 valence electrons. The third kappa shape index (κ3) is 1.57. The number of hydrogen-bond donors (Lipinski definition) is 2. The predicted octanol–water partition coefficient (Wildman–Crippen LogP) is 1.17. The van der Waals surface area contributed by atoms with Crippen LogP contribution >= 0.6 is 0 Å². The van der Waals surface area contributed by atoms with E-state index in [0.29, 0.717) is 0 Å². The molecule has 2 nitrogen and oxygen atoms in total. The maximum absolute atomic E-state index is 9.82. The minimum absolute atomic E-state index is 0.0980. The third-order valence-corrected chi connectivity index (χ3v) is 2.61. The zero-order valence-corrected chi connectivity index (χ0v) is 7.59. The Balaban J connectivity index is 2.61. The smallest absolute Gasteiger partial charge is 0.0666 e. The molecule has 0 aliphatic heterocycles. The minimum atomic E-state index is -0.361. The van der Waals surface area contributed by atoms with E-state index in [4.69, 9.17) is 5.11 Å². The van der Waals surface area contributed by atoms with E-state index in [1.807, 2.05) is 20.8 Å². The molecule has 0 spiro atoms. The zero-order chi connectivity index (χ0) is 8.70. The molecule has 1 atom stereocenters. The van der Waals surface area contributed by atoms with Gasteiger partial charge in [0.15, 0.2) is 0 Å². The van der Waals surface area contributed by atoms with Gasteiger partial charge in [-0.2, -0.15) is 0 Å². The van der Waals surface area contributed by atoms with Gasteiger partial charge in [0.25, 0.3) is 0 Å². The average Bonchev–Trinajstić information content (AvgIpc) is 2.64. The van der Waals surface area contributed by atoms with Gasteiger partial charge in [-0.15, -0.1) is 0 Å². The van der Waals surface area contributed by atoms with E-state index >= 15 is 0 Å². The Labute approximate surface area is 68.2 Å². The van der Waals surface area contributed by atoms with Crippen molar-refractivity contribution in [2.75, 3.05) is 6.61 Å². The third-order valence-electron chi connectivity index (χ3n) is 2.61. The van der Waals surface area contributed by atoms with Crippen LogP contribution in [0.1, 0.15) is 33.6 Å². The monoisotopic (exact) mass is 158 g/mol. The maximum atomic E-state index is 9.82. The highest BCUT2D eigenvalue weighted by atomic mass is 16.3. The van der Waals surface area contributed by atoms with Gasteiger partial charge in [0.05, 0.1) is 12.7 Å². The van der Waals surface area contributed by atoms with Crippen LogP contribution in [-0.2, 0) is 0 Å². The highest BCUT2D eigenvalue weighted by molar-refractivity contribution is 5.02. The Hall–Kier alpha value is -0.0800. The molecule has 0 heterocycles. The highest BCUT2D eigenvalue weighted by Gasteiger charge is 2.52. The van der Waals surface area contributed by atoms with Crippen molar-refractivity contribution in [1.82, 2.24) is 0 Å². The molecule has 1 unspecified atom stereocenters. The summed E-state index contributed by atoms with van der Waals surface area (Å²) in [5, 5.41) is 18.8. The summed E-state index contributed by atoms with van der Waals surface area (Å²) in [5.41, 5.74) is -0.252. The van der Waals surface area contributed by atoms with Gasteiger partial charge in [0.2, 0.25) is 0 Å². The first-order valence-electron chi connectivity index (χ1n) is 4.21. The van der Waals surface area contributed by atoms with Crippen LogP contribution in [0.3, 0.4) is 0 Å². The Bertz CT molecular complexity index is 142. The number of aliphatic hydroxyl groups is 2. The van der Waals surface area contributed by atoms with E-state index in [-0.39, 0.29) is 23.5 Å². The Morgan fingerprint density at radius 1 is 1.36 bits per heavy atom. The SMILES string of the molecule is CC(C)(C)C(O)C1(CO)CC1. The van der Waals surface area contributed by atoms with Crippen LogP contribution < -0.4 is 0 Å². The Morgan fingerprint density at radius 3 is 1.91 bits per heavy atom. The van der Waals surface area contributed by atoms with E-state index < -0.39 is 0 Å². The van der Waals surface area contributed by atoms with E-state index in [1.165, 1.54) is 0 Å². The van der Waals surface area contributed by atoms with Crippen molar-refractivity contribution in [2.24, 2.45) is 10.8 Å². The molecule has 1 aliphatic carbocycles. The molecule has 1 aliphatic rings. The van der Waals surface area contributed by atoms with Gasteiger partial charge in [-0.3, -0.25) is 0 Å². The van der Waals surface area contributed by atoms with Crippen LogP contribution in [0.15, 0.2) is 0 Å². The van der Waals surface area contributed by atoms with Gasteiger partial charge in [0.1, 0.15) is 0 Å². The fraction of sp³-hybridized carbons (Fsp3) is 1.00. The van der Waals surface area contributed by atoms with Gasteiger partial charge in [-0.25, -0.2) is 0 Å². The molecule has 0 bridgehead atoms. The van der Waals surface area contributed by atoms with Crippen molar-refractivity contribution in [2.45, 2.75) is 39.7 Å². The second kappa shape index (κ2) is 2.46. The Kier molecular flexibility index (Phi) is 2.01. The predicted molar refractivity (Wildman–Crippen MR) is 44.2 cm³/mol. The van der Waals surface area contributed by atoms with Gasteiger partial charge in [-0.1, -0.05) is 20.8 Å². The molecule has 2 N–H and O–H groups in total. The summed E-state index contributed by atoms with van der Waals surface area (Å²) in [5.74, 6) is 0. The molecule has 2 heteroatoms. The van der Waals surface area contributed by atoms with Crippen molar-refractivity contribution < 1.29 is 10.2 Å². The standard InChI is InChI=1S/C9H18O2/c1-8(2,3)7(11)9(6-10)4-5-9/h7,10-11H,4-6H2,1-3H3. The van der Waals surface area contributed by atoms with Crippen LogP contribution in [-0.4, -0.2) is 22.9 Å². The largest absolute Gasteiger partial charge is 0.396 e. The molecule has 1 rings (SSSR count). The van der Waals surface area contributed by atoms with E-state index in [2.05, 4.69) is 0 Å². The van der Waals surface area contributed by atoms with Gasteiger partial charge >= 0.3 is 0 Å². The quantitative estimate of drug-likeness (QED) is 0.633. The number of aliphatic hydroxyl groups excluding tert-OH is 2. The topological polar surface area (TPSA) is 40.5 Å². The summed E-state index contributed by atoms with van der Waals surface area (Å²) >= 11 is 0.